The zero-order chi connectivity index (χ0) is 24.8. The Kier molecular flexibility index (Phi) is 9.25. The zero-order valence-electron chi connectivity index (χ0n) is 20.0. The molecule has 2 rings (SSSR count). The Labute approximate surface area is 194 Å². The van der Waals surface area contributed by atoms with Crippen LogP contribution in [-0.2, 0) is 33.4 Å². The lowest BCUT2D eigenvalue weighted by Crippen LogP contribution is -2.43. The molecule has 2 aliphatic rings. The Morgan fingerprint density at radius 1 is 0.879 bits per heavy atom. The number of esters is 2. The van der Waals surface area contributed by atoms with Gasteiger partial charge in [0.15, 0.2) is 0 Å². The van der Waals surface area contributed by atoms with Gasteiger partial charge in [0.1, 0.15) is 12.1 Å². The molecule has 0 aromatic carbocycles. The number of likely N-dealkylation sites (tertiary alicyclic amines) is 2. The molecule has 0 aliphatic carbocycles. The van der Waals surface area contributed by atoms with Crippen molar-refractivity contribution in [1.29, 1.82) is 0 Å². The molecule has 10 heteroatoms. The van der Waals surface area contributed by atoms with Crippen molar-refractivity contribution >= 4 is 29.7 Å². The van der Waals surface area contributed by atoms with Gasteiger partial charge in [-0.25, -0.2) is 9.59 Å². The molecule has 2 saturated heterocycles. The largest absolute Gasteiger partial charge is 0.480 e. The van der Waals surface area contributed by atoms with Crippen LogP contribution >= 0.6 is 0 Å². The molecule has 33 heavy (non-hydrogen) atoms. The number of carboxylic acid groups (broad SMARTS) is 1. The summed E-state index contributed by atoms with van der Waals surface area (Å²) in [4.78, 5) is 63.6. The lowest BCUT2D eigenvalue weighted by atomic mass is 9.97. The van der Waals surface area contributed by atoms with Gasteiger partial charge in [0, 0.05) is 32.9 Å². The number of rotatable bonds is 9. The number of hydrogen-bond acceptors (Lipinski definition) is 7. The summed E-state index contributed by atoms with van der Waals surface area (Å²) in [7, 11) is 0. The first-order valence-corrected chi connectivity index (χ1v) is 11.6. The molecule has 2 amide bonds. The van der Waals surface area contributed by atoms with Gasteiger partial charge in [-0.1, -0.05) is 0 Å². The Bertz CT molecular complexity index is 760. The summed E-state index contributed by atoms with van der Waals surface area (Å²) in [5.41, 5.74) is -0.722. The van der Waals surface area contributed by atoms with Gasteiger partial charge in [0.25, 0.3) is 0 Å². The first kappa shape index (κ1) is 26.6. The first-order chi connectivity index (χ1) is 15.4. The van der Waals surface area contributed by atoms with E-state index in [2.05, 4.69) is 0 Å². The predicted octanol–water partition coefficient (Wildman–Crippen LogP) is 2.09. The third kappa shape index (κ3) is 7.43. The maximum Gasteiger partial charge on any atom is 0.331 e. The van der Waals surface area contributed by atoms with Crippen molar-refractivity contribution in [3.8, 4) is 0 Å². The highest BCUT2D eigenvalue weighted by Gasteiger charge is 2.37. The maximum absolute atomic E-state index is 12.7. The molecule has 186 valence electrons. The number of hydrogen-bond donors (Lipinski definition) is 1. The summed E-state index contributed by atoms with van der Waals surface area (Å²) < 4.78 is 10.4. The molecule has 10 nitrogen and oxygen atoms in total. The molecule has 1 N–H and O–H groups in total. The van der Waals surface area contributed by atoms with E-state index in [9.17, 15) is 29.1 Å². The quantitative estimate of drug-likeness (QED) is 0.309. The number of aliphatic carboxylic acids is 1. The van der Waals surface area contributed by atoms with E-state index in [1.54, 1.807) is 20.8 Å². The summed E-state index contributed by atoms with van der Waals surface area (Å²) in [6, 6.07) is -1.46. The molecule has 2 heterocycles. The monoisotopic (exact) mass is 468 g/mol. The van der Waals surface area contributed by atoms with Crippen LogP contribution in [0.25, 0.3) is 0 Å². The fourth-order valence-electron chi connectivity index (χ4n) is 4.07. The molecule has 0 spiro atoms. The Balaban J connectivity index is 1.76. The molecule has 0 aromatic heterocycles. The fourth-order valence-corrected chi connectivity index (χ4v) is 4.07. The lowest BCUT2D eigenvalue weighted by molar-refractivity contribution is -0.193. The van der Waals surface area contributed by atoms with E-state index in [4.69, 9.17) is 9.47 Å². The van der Waals surface area contributed by atoms with Gasteiger partial charge in [0.2, 0.25) is 18.1 Å². The van der Waals surface area contributed by atoms with E-state index in [1.165, 1.54) is 16.7 Å². The van der Waals surface area contributed by atoms with Gasteiger partial charge < -0.3 is 24.4 Å². The van der Waals surface area contributed by atoms with Gasteiger partial charge >= 0.3 is 17.9 Å². The molecule has 0 radical (unpaired) electrons. The smallest absolute Gasteiger partial charge is 0.331 e. The van der Waals surface area contributed by atoms with Crippen molar-refractivity contribution in [1.82, 2.24) is 9.80 Å². The number of amides is 2. The Hall–Kier alpha value is -2.65. The van der Waals surface area contributed by atoms with Crippen LogP contribution in [0.1, 0.15) is 79.1 Å². The number of carbonyl (C=O) groups is 5. The second-order valence-electron chi connectivity index (χ2n) is 9.70. The van der Waals surface area contributed by atoms with Crippen molar-refractivity contribution in [2.45, 2.75) is 97.4 Å². The summed E-state index contributed by atoms with van der Waals surface area (Å²) in [6.07, 6.45) is 2.58. The van der Waals surface area contributed by atoms with E-state index in [1.807, 2.05) is 0 Å². The van der Waals surface area contributed by atoms with Gasteiger partial charge in [-0.2, -0.15) is 0 Å². The number of ether oxygens (including phenoxy) is 2. The molecular weight excluding hydrogens is 432 g/mol. The van der Waals surface area contributed by atoms with Gasteiger partial charge in [-0.05, 0) is 59.3 Å². The van der Waals surface area contributed by atoms with Crippen LogP contribution in [0.3, 0.4) is 0 Å². The van der Waals surface area contributed by atoms with Crippen molar-refractivity contribution in [3.63, 3.8) is 0 Å². The molecule has 2 fully saturated rings. The minimum Gasteiger partial charge on any atom is -0.480 e. The summed E-state index contributed by atoms with van der Waals surface area (Å²) in [5.74, 6) is -2.45. The van der Waals surface area contributed by atoms with Crippen molar-refractivity contribution < 1.29 is 38.6 Å². The van der Waals surface area contributed by atoms with Gasteiger partial charge in [-0.15, -0.1) is 0 Å². The van der Waals surface area contributed by atoms with Crippen LogP contribution in [0.4, 0.5) is 0 Å². The van der Waals surface area contributed by atoms with Crippen LogP contribution < -0.4 is 0 Å². The second-order valence-corrected chi connectivity index (χ2v) is 9.70. The minimum absolute atomic E-state index is 0.188. The van der Waals surface area contributed by atoms with Crippen LogP contribution in [-0.4, -0.2) is 76.1 Å². The summed E-state index contributed by atoms with van der Waals surface area (Å²) >= 11 is 0. The van der Waals surface area contributed by atoms with E-state index < -0.39 is 41.7 Å². The fraction of sp³-hybridized carbons (Fsp3) is 0.783. The Morgan fingerprint density at radius 3 is 1.85 bits per heavy atom. The highest BCUT2D eigenvalue weighted by Crippen LogP contribution is 2.23. The van der Waals surface area contributed by atoms with Crippen LogP contribution in [0, 0.1) is 5.41 Å². The maximum atomic E-state index is 12.7. The first-order valence-electron chi connectivity index (χ1n) is 11.6. The lowest BCUT2D eigenvalue weighted by Gasteiger charge is -2.26. The number of carbonyl (C=O) groups excluding carboxylic acids is 4. The molecule has 1 unspecified atom stereocenters. The van der Waals surface area contributed by atoms with Crippen molar-refractivity contribution in [2.75, 3.05) is 13.1 Å². The normalized spacial score (nSPS) is 21.6. The minimum atomic E-state index is -1.05. The number of carboxylic acids is 1. The summed E-state index contributed by atoms with van der Waals surface area (Å²) in [6.45, 7) is 7.46. The Morgan fingerprint density at radius 2 is 1.36 bits per heavy atom. The predicted molar refractivity (Wildman–Crippen MR) is 117 cm³/mol. The van der Waals surface area contributed by atoms with E-state index in [0.29, 0.717) is 51.6 Å². The third-order valence-corrected chi connectivity index (χ3v) is 5.90. The summed E-state index contributed by atoms with van der Waals surface area (Å²) in [5, 5.41) is 9.19. The van der Waals surface area contributed by atoms with E-state index in [-0.39, 0.29) is 24.7 Å². The van der Waals surface area contributed by atoms with Crippen molar-refractivity contribution in [3.05, 3.63) is 0 Å². The average molecular weight is 469 g/mol. The van der Waals surface area contributed by atoms with Crippen LogP contribution in [0.2, 0.25) is 0 Å². The topological polar surface area (TPSA) is 131 Å². The van der Waals surface area contributed by atoms with Gasteiger partial charge in [-0.3, -0.25) is 14.4 Å². The molecule has 0 bridgehead atoms. The SMILES string of the molecule is CC(OC(=O)[C@H]1CCCN1C(=O)CCCCC(=O)N1CCC[C@@H]1C(=O)O)OC(=O)C(C)(C)C. The van der Waals surface area contributed by atoms with Gasteiger partial charge in [0.05, 0.1) is 5.41 Å². The van der Waals surface area contributed by atoms with Crippen LogP contribution in [0.5, 0.6) is 0 Å². The third-order valence-electron chi connectivity index (χ3n) is 5.90. The zero-order valence-corrected chi connectivity index (χ0v) is 20.0. The highest BCUT2D eigenvalue weighted by molar-refractivity contribution is 5.86. The van der Waals surface area contributed by atoms with E-state index >= 15 is 0 Å². The van der Waals surface area contributed by atoms with Crippen molar-refractivity contribution in [2.24, 2.45) is 5.41 Å². The second kappa shape index (κ2) is 11.5. The average Bonchev–Trinajstić information content (AvgIpc) is 3.39. The van der Waals surface area contributed by atoms with E-state index in [0.717, 1.165) is 0 Å². The molecule has 0 saturated carbocycles. The standard InChI is InChI=1S/C23H36N2O8/c1-15(33-22(31)23(2,3)4)32-21(30)17-10-8-14-25(17)19(27)12-6-5-11-18(26)24-13-7-9-16(24)20(28)29/h15-17H,5-14H2,1-4H3,(H,28,29)/t15?,16-,17-/m1/s1. The number of unbranched alkanes of at least 4 members (excludes halogenated alkanes) is 1. The molecule has 3 atom stereocenters. The molecule has 0 aromatic rings. The molecular formula is C23H36N2O8. The highest BCUT2D eigenvalue weighted by atomic mass is 16.7. The number of nitrogens with zero attached hydrogens (tertiary/aromatic N) is 2. The van der Waals surface area contributed by atoms with Crippen LogP contribution in [0.15, 0.2) is 0 Å². The molecule has 2 aliphatic heterocycles.